The molecule has 0 spiro atoms. The van der Waals surface area contributed by atoms with Crippen LogP contribution >= 0.6 is 11.8 Å². The molecule has 2 rings (SSSR count). The van der Waals surface area contributed by atoms with Gasteiger partial charge in [-0.3, -0.25) is 9.59 Å². The van der Waals surface area contributed by atoms with Crippen LogP contribution in [-0.4, -0.2) is 49.3 Å². The van der Waals surface area contributed by atoms with E-state index >= 15 is 0 Å². The minimum absolute atomic E-state index is 0.0595. The average molecular weight is 386 g/mol. The minimum Gasteiger partial charge on any atom is -0.350 e. The molecule has 25 heavy (non-hydrogen) atoms. The van der Waals surface area contributed by atoms with E-state index in [-0.39, 0.29) is 29.5 Å². The number of rotatable bonds is 8. The van der Waals surface area contributed by atoms with Crippen LogP contribution in [0, 0.1) is 0 Å². The molecule has 0 unspecified atom stereocenters. The molecular weight excluding hydrogens is 362 g/mol. The number of amides is 2. The average Bonchev–Trinajstić information content (AvgIpc) is 2.90. The Morgan fingerprint density at radius 1 is 1.24 bits per heavy atom. The van der Waals surface area contributed by atoms with Gasteiger partial charge in [-0.2, -0.15) is 0 Å². The van der Waals surface area contributed by atoms with Crippen molar-refractivity contribution in [1.29, 1.82) is 0 Å². The lowest BCUT2D eigenvalue weighted by atomic mass is 10.1. The number of benzene rings is 1. The number of hydrogen-bond acceptors (Lipinski definition) is 5. The van der Waals surface area contributed by atoms with E-state index < -0.39 is 10.0 Å². The third-order valence-electron chi connectivity index (χ3n) is 3.46. The third kappa shape index (κ3) is 6.68. The Morgan fingerprint density at radius 3 is 2.44 bits per heavy atom. The lowest BCUT2D eigenvalue weighted by Crippen LogP contribution is -2.36. The second-order valence-corrected chi connectivity index (χ2v) is 8.96. The Hall–Kier alpha value is -1.58. The van der Waals surface area contributed by atoms with Crippen molar-refractivity contribution in [3.05, 3.63) is 35.4 Å². The van der Waals surface area contributed by atoms with Gasteiger partial charge in [0, 0.05) is 24.9 Å². The van der Waals surface area contributed by atoms with Crippen molar-refractivity contribution in [3.8, 4) is 0 Å². The maximum atomic E-state index is 11.9. The summed E-state index contributed by atoms with van der Waals surface area (Å²) in [4.78, 5) is 24.9. The summed E-state index contributed by atoms with van der Waals surface area (Å²) in [5.41, 5.74) is 1.55. The molecule has 1 aromatic carbocycles. The Morgan fingerprint density at radius 2 is 1.88 bits per heavy atom. The van der Waals surface area contributed by atoms with Gasteiger partial charge in [-0.25, -0.2) is 13.1 Å². The number of carbonyl (C=O) groups is 2. The normalized spacial score (nSPS) is 15.0. The fourth-order valence-corrected chi connectivity index (χ4v) is 4.63. The van der Waals surface area contributed by atoms with Crippen molar-refractivity contribution in [2.75, 3.05) is 18.8 Å². The Balaban J connectivity index is 1.82. The first-order valence-corrected chi connectivity index (χ1v) is 10.7. The summed E-state index contributed by atoms with van der Waals surface area (Å²) in [5.74, 6) is 0.443. The van der Waals surface area contributed by atoms with Crippen molar-refractivity contribution in [1.82, 2.24) is 14.9 Å². The van der Waals surface area contributed by atoms with Crippen molar-refractivity contribution >= 4 is 32.9 Å². The van der Waals surface area contributed by atoms with Crippen LogP contribution in [-0.2, 0) is 27.1 Å². The molecule has 1 heterocycles. The lowest BCUT2D eigenvalue weighted by Gasteiger charge is -2.14. The Kier molecular flexibility index (Phi) is 6.86. The summed E-state index contributed by atoms with van der Waals surface area (Å²) >= 11 is 1.22. The van der Waals surface area contributed by atoms with E-state index in [1.165, 1.54) is 16.7 Å². The zero-order valence-electron chi connectivity index (χ0n) is 14.3. The van der Waals surface area contributed by atoms with E-state index in [9.17, 15) is 18.0 Å². The topological polar surface area (TPSA) is 95.6 Å². The zero-order valence-corrected chi connectivity index (χ0v) is 16.0. The van der Waals surface area contributed by atoms with E-state index in [4.69, 9.17) is 0 Å². The number of nitrogens with zero attached hydrogens (tertiary/aromatic N) is 1. The van der Waals surface area contributed by atoms with Gasteiger partial charge in [0.15, 0.2) is 0 Å². The van der Waals surface area contributed by atoms with Crippen LogP contribution in [0.25, 0.3) is 0 Å². The Bertz CT molecular complexity index is 717. The summed E-state index contributed by atoms with van der Waals surface area (Å²) in [6.07, 6.45) is 0. The number of thioether (sulfide) groups is 1. The molecule has 7 nitrogen and oxygen atoms in total. The second kappa shape index (κ2) is 8.68. The standard InChI is InChI=1S/C16H23N3O4S2/c1-12(2)18-25(22,23)11-14-5-3-13(4-6-14)9-17-15(20)10-19-7-8-24-16(19)21/h3-6,12,18H,7-11H2,1-2H3,(H,17,20). The molecule has 138 valence electrons. The first-order chi connectivity index (χ1) is 11.7. The van der Waals surface area contributed by atoms with Crippen LogP contribution in [0.1, 0.15) is 25.0 Å². The lowest BCUT2D eigenvalue weighted by molar-refractivity contribution is -0.121. The van der Waals surface area contributed by atoms with Crippen molar-refractivity contribution in [2.45, 2.75) is 32.2 Å². The maximum absolute atomic E-state index is 11.9. The smallest absolute Gasteiger partial charge is 0.282 e. The van der Waals surface area contributed by atoms with E-state index in [1.54, 1.807) is 38.1 Å². The molecule has 0 bridgehead atoms. The largest absolute Gasteiger partial charge is 0.350 e. The SMILES string of the molecule is CC(C)NS(=O)(=O)Cc1ccc(CNC(=O)CN2CCSC2=O)cc1. The molecular formula is C16H23N3O4S2. The predicted octanol–water partition coefficient (Wildman–Crippen LogP) is 1.30. The number of hydrogen-bond donors (Lipinski definition) is 2. The summed E-state index contributed by atoms with van der Waals surface area (Å²) in [7, 11) is -3.35. The monoisotopic (exact) mass is 385 g/mol. The summed E-state index contributed by atoms with van der Waals surface area (Å²) in [6, 6.07) is 6.92. The van der Waals surface area contributed by atoms with Gasteiger partial charge in [0.2, 0.25) is 15.9 Å². The highest BCUT2D eigenvalue weighted by Crippen LogP contribution is 2.16. The quantitative estimate of drug-likeness (QED) is 0.703. The molecule has 1 aliphatic rings. The third-order valence-corrected chi connectivity index (χ3v) is 5.90. The van der Waals surface area contributed by atoms with Gasteiger partial charge in [-0.15, -0.1) is 0 Å². The molecule has 0 radical (unpaired) electrons. The minimum atomic E-state index is -3.35. The van der Waals surface area contributed by atoms with Crippen molar-refractivity contribution in [3.63, 3.8) is 0 Å². The highest BCUT2D eigenvalue weighted by Gasteiger charge is 2.23. The molecule has 1 aliphatic heterocycles. The van der Waals surface area contributed by atoms with Crippen molar-refractivity contribution in [2.24, 2.45) is 0 Å². The van der Waals surface area contributed by atoms with Gasteiger partial charge in [-0.05, 0) is 25.0 Å². The fourth-order valence-electron chi connectivity index (χ4n) is 2.37. The molecule has 1 saturated heterocycles. The van der Waals surface area contributed by atoms with Crippen LogP contribution in [0.15, 0.2) is 24.3 Å². The van der Waals surface area contributed by atoms with Gasteiger partial charge < -0.3 is 10.2 Å². The first kappa shape index (κ1) is 19.7. The van der Waals surface area contributed by atoms with Crippen LogP contribution in [0.2, 0.25) is 0 Å². The summed E-state index contributed by atoms with van der Waals surface area (Å²) in [6.45, 7) is 4.56. The van der Waals surface area contributed by atoms with Gasteiger partial charge in [0.25, 0.3) is 5.24 Å². The molecule has 1 fully saturated rings. The summed E-state index contributed by atoms with van der Waals surface area (Å²) in [5, 5.41) is 2.71. The number of sulfonamides is 1. The van der Waals surface area contributed by atoms with Crippen LogP contribution in [0.5, 0.6) is 0 Å². The molecule has 0 aliphatic carbocycles. The van der Waals surface area contributed by atoms with E-state index in [0.29, 0.717) is 18.7 Å². The fraction of sp³-hybridized carbons (Fsp3) is 0.500. The Labute approximate surface area is 152 Å². The molecule has 1 aromatic rings. The summed E-state index contributed by atoms with van der Waals surface area (Å²) < 4.78 is 26.3. The molecule has 0 atom stereocenters. The van der Waals surface area contributed by atoms with Crippen LogP contribution < -0.4 is 10.0 Å². The molecule has 9 heteroatoms. The highest BCUT2D eigenvalue weighted by molar-refractivity contribution is 8.13. The molecule has 2 N–H and O–H groups in total. The highest BCUT2D eigenvalue weighted by atomic mass is 32.2. The maximum Gasteiger partial charge on any atom is 0.282 e. The van der Waals surface area contributed by atoms with Gasteiger partial charge in [0.1, 0.15) is 6.54 Å². The molecule has 0 saturated carbocycles. The van der Waals surface area contributed by atoms with Crippen LogP contribution in [0.4, 0.5) is 4.79 Å². The predicted molar refractivity (Wildman–Crippen MR) is 98.6 cm³/mol. The number of nitrogens with one attached hydrogen (secondary N) is 2. The van der Waals surface area contributed by atoms with Crippen LogP contribution in [0.3, 0.4) is 0 Å². The van der Waals surface area contributed by atoms with E-state index in [1.807, 2.05) is 0 Å². The van der Waals surface area contributed by atoms with E-state index in [2.05, 4.69) is 10.0 Å². The zero-order chi connectivity index (χ0) is 18.4. The van der Waals surface area contributed by atoms with Crippen molar-refractivity contribution < 1.29 is 18.0 Å². The van der Waals surface area contributed by atoms with Gasteiger partial charge in [0.05, 0.1) is 5.75 Å². The molecule has 0 aromatic heterocycles. The number of carbonyl (C=O) groups excluding carboxylic acids is 2. The van der Waals surface area contributed by atoms with Gasteiger partial charge >= 0.3 is 0 Å². The molecule has 2 amide bonds. The van der Waals surface area contributed by atoms with E-state index in [0.717, 1.165) is 11.3 Å². The first-order valence-electron chi connectivity index (χ1n) is 8.01. The van der Waals surface area contributed by atoms with Gasteiger partial charge in [-0.1, -0.05) is 36.0 Å². The second-order valence-electron chi connectivity index (χ2n) is 6.16.